The Hall–Kier alpha value is -2.67. The molecule has 0 radical (unpaired) electrons. The molecule has 0 saturated carbocycles. The highest BCUT2D eigenvalue weighted by Crippen LogP contribution is 2.14. The van der Waals surface area contributed by atoms with Crippen LogP contribution >= 0.6 is 11.3 Å². The van der Waals surface area contributed by atoms with Crippen LogP contribution in [0.1, 0.15) is 52.1 Å². The fourth-order valence-electron chi connectivity index (χ4n) is 3.15. The van der Waals surface area contributed by atoms with Crippen molar-refractivity contribution in [3.05, 3.63) is 52.2 Å². The van der Waals surface area contributed by atoms with Crippen LogP contribution in [0.3, 0.4) is 0 Å². The van der Waals surface area contributed by atoms with Crippen LogP contribution < -0.4 is 10.6 Å². The molecule has 1 fully saturated rings. The molecule has 1 aromatic heterocycles. The number of hydrogen-bond donors (Lipinski definition) is 2. The average molecular weight is 400 g/mol. The maximum absolute atomic E-state index is 12.3. The van der Waals surface area contributed by atoms with Gasteiger partial charge in [-0.15, -0.1) is 11.3 Å². The second-order valence-corrected chi connectivity index (χ2v) is 7.76. The van der Waals surface area contributed by atoms with Crippen molar-refractivity contribution >= 4 is 34.7 Å². The molecule has 0 atom stereocenters. The van der Waals surface area contributed by atoms with E-state index in [9.17, 15) is 14.4 Å². The molecular weight excluding hydrogens is 374 g/mol. The van der Waals surface area contributed by atoms with Gasteiger partial charge in [-0.2, -0.15) is 0 Å². The first-order valence-corrected chi connectivity index (χ1v) is 10.5. The summed E-state index contributed by atoms with van der Waals surface area (Å²) in [6, 6.07) is 10.4. The van der Waals surface area contributed by atoms with Gasteiger partial charge in [0.15, 0.2) is 0 Å². The van der Waals surface area contributed by atoms with Gasteiger partial charge in [-0.1, -0.05) is 12.5 Å². The molecule has 7 heteroatoms. The van der Waals surface area contributed by atoms with E-state index in [1.807, 2.05) is 16.3 Å². The Kier molecular flexibility index (Phi) is 7.19. The fourth-order valence-corrected chi connectivity index (χ4v) is 3.77. The minimum Gasteiger partial charge on any atom is -0.352 e. The second-order valence-electron chi connectivity index (χ2n) is 6.81. The number of hydrogen-bond acceptors (Lipinski definition) is 4. The van der Waals surface area contributed by atoms with Crippen LogP contribution in [0.25, 0.3) is 0 Å². The van der Waals surface area contributed by atoms with Crippen molar-refractivity contribution in [3.8, 4) is 0 Å². The van der Waals surface area contributed by atoms with Gasteiger partial charge in [0.25, 0.3) is 11.8 Å². The molecule has 3 amide bonds. The number of carbonyl (C=O) groups excluding carboxylic acids is 3. The molecule has 0 unspecified atom stereocenters. The van der Waals surface area contributed by atoms with E-state index < -0.39 is 0 Å². The number of thiophene rings is 1. The zero-order valence-corrected chi connectivity index (χ0v) is 16.6. The van der Waals surface area contributed by atoms with E-state index >= 15 is 0 Å². The highest BCUT2D eigenvalue weighted by Gasteiger charge is 2.16. The average Bonchev–Trinajstić information content (AvgIpc) is 3.17. The van der Waals surface area contributed by atoms with E-state index in [4.69, 9.17) is 0 Å². The molecule has 2 N–H and O–H groups in total. The number of benzene rings is 1. The number of likely N-dealkylation sites (tertiary alicyclic amines) is 1. The summed E-state index contributed by atoms with van der Waals surface area (Å²) >= 11 is 1.38. The Morgan fingerprint density at radius 3 is 2.61 bits per heavy atom. The SMILES string of the molecule is O=C(NCCCN1CCCCCC1=O)c1ccc(NC(=O)c2cccs2)cc1. The summed E-state index contributed by atoms with van der Waals surface area (Å²) in [5, 5.41) is 7.55. The minimum atomic E-state index is -0.157. The van der Waals surface area contributed by atoms with E-state index in [-0.39, 0.29) is 17.7 Å². The third kappa shape index (κ3) is 5.66. The van der Waals surface area contributed by atoms with E-state index in [1.54, 1.807) is 30.3 Å². The third-order valence-corrected chi connectivity index (χ3v) is 5.58. The first-order valence-electron chi connectivity index (χ1n) is 9.64. The highest BCUT2D eigenvalue weighted by molar-refractivity contribution is 7.12. The Labute approximate surface area is 168 Å². The molecule has 148 valence electrons. The number of nitrogens with one attached hydrogen (secondary N) is 2. The molecule has 1 aromatic carbocycles. The lowest BCUT2D eigenvalue weighted by Crippen LogP contribution is -2.34. The lowest BCUT2D eigenvalue weighted by atomic mass is 10.2. The summed E-state index contributed by atoms with van der Waals surface area (Å²) in [5.74, 6) is -0.0856. The molecule has 1 aliphatic rings. The van der Waals surface area contributed by atoms with Crippen LogP contribution in [0, 0.1) is 0 Å². The standard InChI is InChI=1S/C21H25N3O3S/c25-19-7-2-1-3-13-24(19)14-5-12-22-20(26)16-8-10-17(11-9-16)23-21(27)18-6-4-15-28-18/h4,6,8-11,15H,1-3,5,7,12-14H2,(H,22,26)(H,23,27). The van der Waals surface area contributed by atoms with Gasteiger partial charge >= 0.3 is 0 Å². The van der Waals surface area contributed by atoms with Gasteiger partial charge in [-0.05, 0) is 55.0 Å². The lowest BCUT2D eigenvalue weighted by Gasteiger charge is -2.20. The maximum atomic E-state index is 12.3. The van der Waals surface area contributed by atoms with Crippen LogP contribution in [0.15, 0.2) is 41.8 Å². The van der Waals surface area contributed by atoms with Crippen molar-refractivity contribution in [2.24, 2.45) is 0 Å². The summed E-state index contributed by atoms with van der Waals surface area (Å²) in [7, 11) is 0. The predicted octanol–water partition coefficient (Wildman–Crippen LogP) is 3.52. The summed E-state index contributed by atoms with van der Waals surface area (Å²) in [6.45, 7) is 2.04. The summed E-state index contributed by atoms with van der Waals surface area (Å²) in [4.78, 5) is 38.8. The Bertz CT molecular complexity index is 803. The van der Waals surface area contributed by atoms with Crippen LogP contribution in [-0.4, -0.2) is 42.3 Å². The van der Waals surface area contributed by atoms with Gasteiger partial charge in [0.2, 0.25) is 5.91 Å². The van der Waals surface area contributed by atoms with E-state index in [1.165, 1.54) is 11.3 Å². The Morgan fingerprint density at radius 1 is 1.04 bits per heavy atom. The van der Waals surface area contributed by atoms with Crippen LogP contribution in [-0.2, 0) is 4.79 Å². The molecule has 6 nitrogen and oxygen atoms in total. The van der Waals surface area contributed by atoms with Gasteiger partial charge in [0.05, 0.1) is 4.88 Å². The number of carbonyl (C=O) groups is 3. The molecule has 2 aromatic rings. The molecule has 1 aliphatic heterocycles. The Morgan fingerprint density at radius 2 is 1.86 bits per heavy atom. The van der Waals surface area contributed by atoms with Crippen molar-refractivity contribution in [2.45, 2.75) is 32.1 Å². The normalized spacial score (nSPS) is 14.4. The zero-order valence-electron chi connectivity index (χ0n) is 15.8. The summed E-state index contributed by atoms with van der Waals surface area (Å²) in [5.41, 5.74) is 1.19. The molecule has 0 spiro atoms. The monoisotopic (exact) mass is 399 g/mol. The highest BCUT2D eigenvalue weighted by atomic mass is 32.1. The predicted molar refractivity (Wildman–Crippen MR) is 111 cm³/mol. The molecule has 2 heterocycles. The van der Waals surface area contributed by atoms with Gasteiger partial charge < -0.3 is 15.5 Å². The largest absolute Gasteiger partial charge is 0.352 e. The lowest BCUT2D eigenvalue weighted by molar-refractivity contribution is -0.130. The van der Waals surface area contributed by atoms with Crippen LogP contribution in [0.2, 0.25) is 0 Å². The molecule has 0 bridgehead atoms. The van der Waals surface area contributed by atoms with Crippen molar-refractivity contribution in [1.29, 1.82) is 0 Å². The van der Waals surface area contributed by atoms with Gasteiger partial charge in [0.1, 0.15) is 0 Å². The third-order valence-electron chi connectivity index (χ3n) is 4.71. The number of nitrogens with zero attached hydrogens (tertiary/aromatic N) is 1. The minimum absolute atomic E-state index is 0.154. The molecule has 0 aliphatic carbocycles. The van der Waals surface area contributed by atoms with E-state index in [2.05, 4.69) is 10.6 Å². The summed E-state index contributed by atoms with van der Waals surface area (Å²) < 4.78 is 0. The van der Waals surface area contributed by atoms with Crippen molar-refractivity contribution in [1.82, 2.24) is 10.2 Å². The van der Waals surface area contributed by atoms with Crippen LogP contribution in [0.4, 0.5) is 5.69 Å². The number of rotatable bonds is 7. The van der Waals surface area contributed by atoms with Crippen molar-refractivity contribution in [2.75, 3.05) is 25.0 Å². The van der Waals surface area contributed by atoms with Crippen molar-refractivity contribution < 1.29 is 14.4 Å². The van der Waals surface area contributed by atoms with Gasteiger partial charge in [0, 0.05) is 37.3 Å². The maximum Gasteiger partial charge on any atom is 0.265 e. The van der Waals surface area contributed by atoms with E-state index in [0.29, 0.717) is 35.6 Å². The van der Waals surface area contributed by atoms with Crippen LogP contribution in [0.5, 0.6) is 0 Å². The first kappa shape index (κ1) is 20.1. The van der Waals surface area contributed by atoms with Gasteiger partial charge in [-0.3, -0.25) is 14.4 Å². The topological polar surface area (TPSA) is 78.5 Å². The zero-order chi connectivity index (χ0) is 19.8. The van der Waals surface area contributed by atoms with Crippen molar-refractivity contribution in [3.63, 3.8) is 0 Å². The number of amides is 3. The summed E-state index contributed by atoms with van der Waals surface area (Å²) in [6.07, 6.45) is 4.54. The second kappa shape index (κ2) is 10.0. The molecule has 28 heavy (non-hydrogen) atoms. The number of anilines is 1. The fraction of sp³-hybridized carbons (Fsp3) is 0.381. The Balaban J connectivity index is 1.42. The molecule has 1 saturated heterocycles. The smallest absolute Gasteiger partial charge is 0.265 e. The van der Waals surface area contributed by atoms with E-state index in [0.717, 1.165) is 32.2 Å². The first-order chi connectivity index (χ1) is 13.6. The molecular formula is C21H25N3O3S. The molecule has 3 rings (SSSR count). The quantitative estimate of drug-likeness (QED) is 0.699. The van der Waals surface area contributed by atoms with Gasteiger partial charge in [-0.25, -0.2) is 0 Å².